The average molecular weight is 191 g/mol. The van der Waals surface area contributed by atoms with Gasteiger partial charge in [0.15, 0.2) is 0 Å². The predicted molar refractivity (Wildman–Crippen MR) is 45.9 cm³/mol. The normalized spacial score (nSPS) is 13.7. The minimum Gasteiger partial charge on any atom is -0.515 e. The van der Waals surface area contributed by atoms with Gasteiger partial charge in [-0.1, -0.05) is 0 Å². The second kappa shape index (κ2) is 3.66. The van der Waals surface area contributed by atoms with E-state index in [4.69, 9.17) is 4.43 Å². The molecular weight excluding hydrogens is 178 g/mol. The molecule has 5 nitrogen and oxygen atoms in total. The van der Waals surface area contributed by atoms with Crippen molar-refractivity contribution in [1.29, 1.82) is 0 Å². The van der Waals surface area contributed by atoms with E-state index in [2.05, 4.69) is 0 Å². The summed E-state index contributed by atoms with van der Waals surface area (Å²) in [6.07, 6.45) is 0. The third kappa shape index (κ3) is 4.07. The zero-order valence-electron chi connectivity index (χ0n) is 7.66. The highest BCUT2D eigenvalue weighted by Gasteiger charge is 2.30. The van der Waals surface area contributed by atoms with Crippen LogP contribution in [-0.2, 0) is 9.22 Å². The molecule has 0 spiro atoms. The smallest absolute Gasteiger partial charge is 0.368 e. The van der Waals surface area contributed by atoms with Crippen molar-refractivity contribution in [2.75, 3.05) is 0 Å². The van der Waals surface area contributed by atoms with Gasteiger partial charge in [-0.15, -0.1) is 0 Å². The SMILES string of the molecule is CC(C(=O)O[Si](C)(C)C)[N+](=O)[O-]. The molecule has 0 aliphatic rings. The van der Waals surface area contributed by atoms with Gasteiger partial charge in [-0.05, 0) is 19.6 Å². The quantitative estimate of drug-likeness (QED) is 0.379. The minimum absolute atomic E-state index is 0.650. The molecule has 1 unspecified atom stereocenters. The molecule has 0 fully saturated rings. The molecule has 0 amide bonds. The van der Waals surface area contributed by atoms with Crippen LogP contribution in [0.5, 0.6) is 0 Å². The van der Waals surface area contributed by atoms with Crippen LogP contribution in [-0.4, -0.2) is 25.3 Å². The molecule has 0 bridgehead atoms. The Morgan fingerprint density at radius 1 is 1.50 bits per heavy atom. The number of hydrogen-bond acceptors (Lipinski definition) is 4. The Kier molecular flexibility index (Phi) is 3.38. The van der Waals surface area contributed by atoms with E-state index in [1.165, 1.54) is 6.92 Å². The van der Waals surface area contributed by atoms with Crippen molar-refractivity contribution in [3.8, 4) is 0 Å². The molecule has 0 aliphatic heterocycles. The summed E-state index contributed by atoms with van der Waals surface area (Å²) in [4.78, 5) is 20.5. The van der Waals surface area contributed by atoms with Crippen molar-refractivity contribution in [2.24, 2.45) is 0 Å². The Morgan fingerprint density at radius 3 is 2.17 bits per heavy atom. The summed E-state index contributed by atoms with van der Waals surface area (Å²) in [5.74, 6) is -0.737. The van der Waals surface area contributed by atoms with Gasteiger partial charge in [-0.25, -0.2) is 4.79 Å². The van der Waals surface area contributed by atoms with Crippen molar-refractivity contribution in [1.82, 2.24) is 0 Å². The number of nitro groups is 1. The zero-order chi connectivity index (χ0) is 9.94. The molecule has 0 N–H and O–H groups in total. The van der Waals surface area contributed by atoms with Crippen LogP contribution < -0.4 is 0 Å². The highest BCUT2D eigenvalue weighted by Crippen LogP contribution is 2.05. The summed E-state index contributed by atoms with van der Waals surface area (Å²) < 4.78 is 4.92. The highest BCUT2D eigenvalue weighted by atomic mass is 28.4. The number of nitrogens with zero attached hydrogens (tertiary/aromatic N) is 1. The van der Waals surface area contributed by atoms with Crippen LogP contribution >= 0.6 is 0 Å². The van der Waals surface area contributed by atoms with E-state index in [0.29, 0.717) is 0 Å². The first-order valence-electron chi connectivity index (χ1n) is 3.60. The Labute approximate surface area is 72.0 Å². The Balaban J connectivity index is 4.15. The maximum atomic E-state index is 11.0. The molecule has 0 radical (unpaired) electrons. The van der Waals surface area contributed by atoms with Gasteiger partial charge in [0.2, 0.25) is 8.32 Å². The van der Waals surface area contributed by atoms with Gasteiger partial charge in [-0.3, -0.25) is 10.1 Å². The lowest BCUT2D eigenvalue weighted by molar-refractivity contribution is -0.505. The van der Waals surface area contributed by atoms with E-state index < -0.39 is 25.3 Å². The minimum atomic E-state index is -1.98. The Bertz CT molecular complexity index is 198. The van der Waals surface area contributed by atoms with E-state index in [-0.39, 0.29) is 0 Å². The topological polar surface area (TPSA) is 69.4 Å². The lowest BCUT2D eigenvalue weighted by Crippen LogP contribution is -2.37. The molecule has 12 heavy (non-hydrogen) atoms. The molecule has 0 aromatic heterocycles. The molecule has 0 aromatic rings. The number of hydrogen-bond donors (Lipinski definition) is 0. The van der Waals surface area contributed by atoms with Crippen LogP contribution in [0.3, 0.4) is 0 Å². The van der Waals surface area contributed by atoms with Crippen molar-refractivity contribution in [3.63, 3.8) is 0 Å². The predicted octanol–water partition coefficient (Wildman–Crippen LogP) is 1.03. The fourth-order valence-electron chi connectivity index (χ4n) is 0.473. The molecule has 6 heteroatoms. The average Bonchev–Trinajstić information content (AvgIpc) is 1.82. The first-order chi connectivity index (χ1) is 5.24. The first-order valence-corrected chi connectivity index (χ1v) is 7.01. The zero-order valence-corrected chi connectivity index (χ0v) is 8.66. The number of rotatable bonds is 3. The van der Waals surface area contributed by atoms with E-state index in [0.717, 1.165) is 0 Å². The molecule has 70 valence electrons. The van der Waals surface area contributed by atoms with Crippen LogP contribution in [0.1, 0.15) is 6.92 Å². The molecule has 1 atom stereocenters. The molecule has 0 aromatic carbocycles. The fourth-order valence-corrected chi connectivity index (χ4v) is 1.25. The van der Waals surface area contributed by atoms with Crippen LogP contribution in [0.2, 0.25) is 19.6 Å². The maximum absolute atomic E-state index is 11.0. The van der Waals surface area contributed by atoms with Gasteiger partial charge in [0.05, 0.1) is 0 Å². The monoisotopic (exact) mass is 191 g/mol. The van der Waals surface area contributed by atoms with Gasteiger partial charge < -0.3 is 4.43 Å². The molecular formula is C6H13NO4Si. The van der Waals surface area contributed by atoms with Crippen LogP contribution in [0, 0.1) is 10.1 Å². The number of carbonyl (C=O) groups excluding carboxylic acids is 1. The molecule has 0 saturated heterocycles. The summed E-state index contributed by atoms with van der Waals surface area (Å²) in [7, 11) is -1.98. The van der Waals surface area contributed by atoms with E-state index >= 15 is 0 Å². The van der Waals surface area contributed by atoms with Gasteiger partial charge >= 0.3 is 12.0 Å². The Hall–Kier alpha value is -0.913. The summed E-state index contributed by atoms with van der Waals surface area (Å²) >= 11 is 0. The third-order valence-corrected chi connectivity index (χ3v) is 1.88. The Morgan fingerprint density at radius 2 is 1.92 bits per heavy atom. The second-order valence-corrected chi connectivity index (χ2v) is 7.92. The molecule has 0 aliphatic carbocycles. The van der Waals surface area contributed by atoms with E-state index in [9.17, 15) is 14.9 Å². The molecule has 0 saturated carbocycles. The van der Waals surface area contributed by atoms with Crippen LogP contribution in [0.15, 0.2) is 0 Å². The van der Waals surface area contributed by atoms with Gasteiger partial charge in [0.25, 0.3) is 0 Å². The van der Waals surface area contributed by atoms with E-state index in [1.807, 2.05) is 0 Å². The lowest BCUT2D eigenvalue weighted by Gasteiger charge is -2.17. The lowest BCUT2D eigenvalue weighted by atomic mass is 10.4. The van der Waals surface area contributed by atoms with Crippen molar-refractivity contribution in [3.05, 3.63) is 10.1 Å². The summed E-state index contributed by atoms with van der Waals surface area (Å²) in [6, 6.07) is -1.25. The fraction of sp³-hybridized carbons (Fsp3) is 0.833. The summed E-state index contributed by atoms with van der Waals surface area (Å²) in [5, 5.41) is 10.1. The van der Waals surface area contributed by atoms with Crippen molar-refractivity contribution >= 4 is 14.3 Å². The van der Waals surface area contributed by atoms with E-state index in [1.54, 1.807) is 19.6 Å². The maximum Gasteiger partial charge on any atom is 0.368 e. The summed E-state index contributed by atoms with van der Waals surface area (Å²) in [6.45, 7) is 6.63. The third-order valence-electron chi connectivity index (χ3n) is 1.06. The first kappa shape index (κ1) is 11.1. The second-order valence-electron chi connectivity index (χ2n) is 3.49. The van der Waals surface area contributed by atoms with Gasteiger partial charge in [-0.2, -0.15) is 0 Å². The highest BCUT2D eigenvalue weighted by molar-refractivity contribution is 6.71. The van der Waals surface area contributed by atoms with Crippen molar-refractivity contribution in [2.45, 2.75) is 32.6 Å². The standard InChI is InChI=1S/C6H13NO4Si/c1-5(7(9)10)6(8)11-12(2,3)4/h5H,1-4H3. The largest absolute Gasteiger partial charge is 0.515 e. The van der Waals surface area contributed by atoms with Gasteiger partial charge in [0.1, 0.15) is 0 Å². The van der Waals surface area contributed by atoms with Crippen LogP contribution in [0.25, 0.3) is 0 Å². The van der Waals surface area contributed by atoms with Crippen LogP contribution in [0.4, 0.5) is 0 Å². The van der Waals surface area contributed by atoms with Crippen molar-refractivity contribution < 1.29 is 14.1 Å². The molecule has 0 heterocycles. The summed E-state index contributed by atoms with van der Waals surface area (Å²) in [5.41, 5.74) is 0. The van der Waals surface area contributed by atoms with Gasteiger partial charge in [0, 0.05) is 11.8 Å². The number of carbonyl (C=O) groups is 1. The molecule has 0 rings (SSSR count).